The molecular weight excluding hydrogens is 172 g/mol. The molecule has 0 saturated heterocycles. The Bertz CT molecular complexity index is 254. The summed E-state index contributed by atoms with van der Waals surface area (Å²) in [6, 6.07) is 0. The zero-order chi connectivity index (χ0) is 10.9. The SMILES string of the molecule is C=C(C)C1CCC(C)(C(=C)C)CC1O. The Morgan fingerprint density at radius 1 is 1.36 bits per heavy atom. The summed E-state index contributed by atoms with van der Waals surface area (Å²) in [4.78, 5) is 0. The first kappa shape index (κ1) is 11.5. The lowest BCUT2D eigenvalue weighted by Gasteiger charge is -2.41. The van der Waals surface area contributed by atoms with Gasteiger partial charge >= 0.3 is 0 Å². The van der Waals surface area contributed by atoms with Crippen LogP contribution in [0.15, 0.2) is 24.3 Å². The largest absolute Gasteiger partial charge is 0.392 e. The van der Waals surface area contributed by atoms with Crippen LogP contribution in [0, 0.1) is 11.3 Å². The molecule has 0 aromatic heterocycles. The van der Waals surface area contributed by atoms with E-state index in [9.17, 15) is 5.11 Å². The molecule has 14 heavy (non-hydrogen) atoms. The van der Waals surface area contributed by atoms with Gasteiger partial charge in [-0.05, 0) is 38.5 Å². The van der Waals surface area contributed by atoms with Gasteiger partial charge in [-0.1, -0.05) is 31.2 Å². The molecule has 1 nitrogen and oxygen atoms in total. The van der Waals surface area contributed by atoms with E-state index in [2.05, 4.69) is 27.0 Å². The van der Waals surface area contributed by atoms with Crippen LogP contribution >= 0.6 is 0 Å². The van der Waals surface area contributed by atoms with E-state index in [0.29, 0.717) is 5.92 Å². The quantitative estimate of drug-likeness (QED) is 0.669. The molecule has 1 heteroatoms. The summed E-state index contributed by atoms with van der Waals surface area (Å²) in [5.74, 6) is 0.294. The number of allylic oxidation sites excluding steroid dienone is 1. The average Bonchev–Trinajstić information content (AvgIpc) is 2.02. The van der Waals surface area contributed by atoms with E-state index in [1.165, 1.54) is 5.57 Å². The maximum atomic E-state index is 10.0. The second kappa shape index (κ2) is 3.90. The molecule has 0 aromatic carbocycles. The Morgan fingerprint density at radius 2 is 1.93 bits per heavy atom. The van der Waals surface area contributed by atoms with Crippen molar-refractivity contribution in [2.45, 2.75) is 46.1 Å². The number of aliphatic hydroxyl groups excluding tert-OH is 1. The summed E-state index contributed by atoms with van der Waals surface area (Å²) in [5, 5.41) is 10.0. The lowest BCUT2D eigenvalue weighted by Crippen LogP contribution is -2.36. The van der Waals surface area contributed by atoms with E-state index in [1.54, 1.807) is 0 Å². The second-order valence-electron chi connectivity index (χ2n) is 5.10. The van der Waals surface area contributed by atoms with Gasteiger partial charge in [-0.2, -0.15) is 0 Å². The highest BCUT2D eigenvalue weighted by molar-refractivity contribution is 5.12. The summed E-state index contributed by atoms with van der Waals surface area (Å²) in [6.07, 6.45) is 2.76. The summed E-state index contributed by atoms with van der Waals surface area (Å²) in [5.41, 5.74) is 2.43. The fraction of sp³-hybridized carbons (Fsp3) is 0.692. The fourth-order valence-corrected chi connectivity index (χ4v) is 2.33. The Balaban J connectivity index is 2.72. The highest BCUT2D eigenvalue weighted by atomic mass is 16.3. The van der Waals surface area contributed by atoms with Crippen LogP contribution < -0.4 is 0 Å². The maximum absolute atomic E-state index is 10.0. The third-order valence-electron chi connectivity index (χ3n) is 3.79. The third kappa shape index (κ3) is 2.09. The minimum absolute atomic E-state index is 0.130. The molecular formula is C13H22O. The van der Waals surface area contributed by atoms with Crippen LogP contribution in [-0.2, 0) is 0 Å². The van der Waals surface area contributed by atoms with Crippen molar-refractivity contribution < 1.29 is 5.11 Å². The van der Waals surface area contributed by atoms with Gasteiger partial charge in [0, 0.05) is 5.92 Å². The molecule has 1 aliphatic carbocycles. The topological polar surface area (TPSA) is 20.2 Å². The molecule has 0 bridgehead atoms. The maximum Gasteiger partial charge on any atom is 0.0613 e. The predicted octanol–water partition coefficient (Wildman–Crippen LogP) is 3.31. The van der Waals surface area contributed by atoms with Crippen LogP contribution in [-0.4, -0.2) is 11.2 Å². The molecule has 3 unspecified atom stereocenters. The van der Waals surface area contributed by atoms with Crippen molar-refractivity contribution in [3.63, 3.8) is 0 Å². The van der Waals surface area contributed by atoms with E-state index in [4.69, 9.17) is 0 Å². The lowest BCUT2D eigenvalue weighted by molar-refractivity contribution is 0.0374. The molecule has 3 atom stereocenters. The van der Waals surface area contributed by atoms with E-state index < -0.39 is 0 Å². The van der Waals surface area contributed by atoms with Crippen LogP contribution in [0.2, 0.25) is 0 Å². The zero-order valence-electron chi connectivity index (χ0n) is 9.64. The molecule has 0 amide bonds. The molecule has 0 radical (unpaired) electrons. The zero-order valence-corrected chi connectivity index (χ0v) is 9.64. The number of aliphatic hydroxyl groups is 1. The van der Waals surface area contributed by atoms with Crippen molar-refractivity contribution in [2.75, 3.05) is 0 Å². The standard InChI is InChI=1S/C13H22O/c1-9(2)11-6-7-13(5,10(3)4)8-12(11)14/h11-12,14H,1,3,6-8H2,2,4-5H3. The Kier molecular flexibility index (Phi) is 3.20. The van der Waals surface area contributed by atoms with Crippen LogP contribution in [0.3, 0.4) is 0 Å². The van der Waals surface area contributed by atoms with Crippen molar-refractivity contribution in [1.82, 2.24) is 0 Å². The van der Waals surface area contributed by atoms with Crippen molar-refractivity contribution in [2.24, 2.45) is 11.3 Å². The molecule has 0 aliphatic heterocycles. The summed E-state index contributed by atoms with van der Waals surface area (Å²) < 4.78 is 0. The van der Waals surface area contributed by atoms with Gasteiger partial charge in [-0.25, -0.2) is 0 Å². The summed E-state index contributed by atoms with van der Waals surface area (Å²) in [6.45, 7) is 14.2. The van der Waals surface area contributed by atoms with Crippen molar-refractivity contribution in [1.29, 1.82) is 0 Å². The third-order valence-corrected chi connectivity index (χ3v) is 3.79. The van der Waals surface area contributed by atoms with Crippen molar-refractivity contribution >= 4 is 0 Å². The summed E-state index contributed by atoms with van der Waals surface area (Å²) in [7, 11) is 0. The van der Waals surface area contributed by atoms with E-state index in [-0.39, 0.29) is 11.5 Å². The Labute approximate surface area is 87.5 Å². The lowest BCUT2D eigenvalue weighted by atomic mass is 9.66. The highest BCUT2D eigenvalue weighted by Crippen LogP contribution is 2.44. The first-order valence-electron chi connectivity index (χ1n) is 5.36. The van der Waals surface area contributed by atoms with Gasteiger partial charge in [0.25, 0.3) is 0 Å². The molecule has 1 aliphatic rings. The van der Waals surface area contributed by atoms with Gasteiger partial charge < -0.3 is 5.11 Å². The Morgan fingerprint density at radius 3 is 2.29 bits per heavy atom. The number of hydrogen-bond donors (Lipinski definition) is 1. The monoisotopic (exact) mass is 194 g/mol. The molecule has 1 N–H and O–H groups in total. The van der Waals surface area contributed by atoms with Gasteiger partial charge in [-0.3, -0.25) is 0 Å². The fourth-order valence-electron chi connectivity index (χ4n) is 2.33. The Hall–Kier alpha value is -0.560. The molecule has 0 heterocycles. The van der Waals surface area contributed by atoms with Gasteiger partial charge in [-0.15, -0.1) is 0 Å². The molecule has 1 rings (SSSR count). The minimum atomic E-state index is -0.233. The van der Waals surface area contributed by atoms with Crippen LogP contribution in [0.5, 0.6) is 0 Å². The summed E-state index contributed by atoms with van der Waals surface area (Å²) >= 11 is 0. The van der Waals surface area contributed by atoms with Gasteiger partial charge in [0.05, 0.1) is 6.10 Å². The molecule has 0 aromatic rings. The average molecular weight is 194 g/mol. The number of rotatable bonds is 2. The second-order valence-corrected chi connectivity index (χ2v) is 5.10. The normalized spacial score (nSPS) is 38.0. The van der Waals surface area contributed by atoms with Gasteiger partial charge in [0.2, 0.25) is 0 Å². The van der Waals surface area contributed by atoms with Crippen molar-refractivity contribution in [3.05, 3.63) is 24.3 Å². The minimum Gasteiger partial charge on any atom is -0.392 e. The van der Waals surface area contributed by atoms with Crippen molar-refractivity contribution in [3.8, 4) is 0 Å². The van der Waals surface area contributed by atoms with Gasteiger partial charge in [0.15, 0.2) is 0 Å². The van der Waals surface area contributed by atoms with Gasteiger partial charge in [0.1, 0.15) is 0 Å². The molecule has 80 valence electrons. The van der Waals surface area contributed by atoms with Crippen LogP contribution in [0.25, 0.3) is 0 Å². The van der Waals surface area contributed by atoms with E-state index in [1.807, 2.05) is 6.92 Å². The molecule has 0 spiro atoms. The predicted molar refractivity (Wildman–Crippen MR) is 61.1 cm³/mol. The number of hydrogen-bond acceptors (Lipinski definition) is 1. The van der Waals surface area contributed by atoms with Crippen LogP contribution in [0.1, 0.15) is 40.0 Å². The smallest absolute Gasteiger partial charge is 0.0613 e. The molecule has 1 fully saturated rings. The first-order chi connectivity index (χ1) is 6.37. The molecule has 1 saturated carbocycles. The van der Waals surface area contributed by atoms with Crippen LogP contribution in [0.4, 0.5) is 0 Å². The highest BCUT2D eigenvalue weighted by Gasteiger charge is 2.37. The van der Waals surface area contributed by atoms with E-state index in [0.717, 1.165) is 24.8 Å². The first-order valence-corrected chi connectivity index (χ1v) is 5.36. The van der Waals surface area contributed by atoms with E-state index >= 15 is 0 Å².